The minimum atomic E-state index is -0.761. The Balaban J connectivity index is 1.81. The maximum Gasteiger partial charge on any atom is 0.306 e. The highest BCUT2D eigenvalue weighted by atomic mass is 16.4. The molecule has 1 aliphatic carbocycles. The predicted octanol–water partition coefficient (Wildman–Crippen LogP) is 1.52. The lowest BCUT2D eigenvalue weighted by Gasteiger charge is -2.43. The normalized spacial score (nSPS) is 26.4. The average Bonchev–Trinajstić information content (AvgIpc) is 2.27. The van der Waals surface area contributed by atoms with Crippen molar-refractivity contribution in [2.45, 2.75) is 26.2 Å². The molecule has 0 aromatic carbocycles. The molecule has 2 rings (SSSR count). The van der Waals surface area contributed by atoms with E-state index in [1.807, 2.05) is 4.90 Å². The van der Waals surface area contributed by atoms with Gasteiger partial charge in [-0.1, -0.05) is 19.1 Å². The van der Waals surface area contributed by atoms with Crippen LogP contribution >= 0.6 is 0 Å². The molecule has 1 fully saturated rings. The van der Waals surface area contributed by atoms with Crippen LogP contribution < -0.4 is 0 Å². The van der Waals surface area contributed by atoms with E-state index in [0.717, 1.165) is 19.3 Å². The van der Waals surface area contributed by atoms with E-state index in [2.05, 4.69) is 12.2 Å². The van der Waals surface area contributed by atoms with Crippen LogP contribution in [0.15, 0.2) is 12.2 Å². The third-order valence-electron chi connectivity index (χ3n) is 3.94. The van der Waals surface area contributed by atoms with Crippen LogP contribution in [0.25, 0.3) is 0 Å². The molecule has 1 saturated heterocycles. The van der Waals surface area contributed by atoms with Crippen molar-refractivity contribution in [3.8, 4) is 0 Å². The van der Waals surface area contributed by atoms with Crippen molar-refractivity contribution >= 4 is 11.9 Å². The van der Waals surface area contributed by atoms with Crippen molar-refractivity contribution in [1.82, 2.24) is 4.90 Å². The van der Waals surface area contributed by atoms with Crippen LogP contribution in [0, 0.1) is 17.8 Å². The van der Waals surface area contributed by atoms with Gasteiger partial charge >= 0.3 is 5.97 Å². The Kier molecular flexibility index (Phi) is 3.50. The summed E-state index contributed by atoms with van der Waals surface area (Å²) in [5.74, 6) is -0.632. The highest BCUT2D eigenvalue weighted by Gasteiger charge is 2.38. The molecule has 1 aliphatic heterocycles. The van der Waals surface area contributed by atoms with Crippen molar-refractivity contribution in [1.29, 1.82) is 0 Å². The van der Waals surface area contributed by atoms with Gasteiger partial charge in [-0.05, 0) is 19.3 Å². The highest BCUT2D eigenvalue weighted by Crippen LogP contribution is 2.28. The summed E-state index contributed by atoms with van der Waals surface area (Å²) in [7, 11) is 0. The standard InChI is InChI=1S/C13H19NO3/c1-9(13(16)17)11-7-14(8-11)12(15)10-5-3-2-4-6-10/h2-3,9-11H,4-8H2,1H3,(H,16,17). The number of carboxylic acid groups (broad SMARTS) is 1. The number of carbonyl (C=O) groups excluding carboxylic acids is 1. The van der Waals surface area contributed by atoms with Crippen molar-refractivity contribution in [3.63, 3.8) is 0 Å². The molecule has 17 heavy (non-hydrogen) atoms. The molecule has 4 nitrogen and oxygen atoms in total. The Morgan fingerprint density at radius 1 is 1.35 bits per heavy atom. The molecule has 4 heteroatoms. The largest absolute Gasteiger partial charge is 0.481 e. The SMILES string of the molecule is CC(C(=O)O)C1CN(C(=O)C2CC=CCC2)C1. The van der Waals surface area contributed by atoms with E-state index in [-0.39, 0.29) is 23.7 Å². The van der Waals surface area contributed by atoms with Gasteiger partial charge in [-0.25, -0.2) is 0 Å². The van der Waals surface area contributed by atoms with Gasteiger partial charge in [-0.15, -0.1) is 0 Å². The zero-order chi connectivity index (χ0) is 12.4. The van der Waals surface area contributed by atoms with Crippen LogP contribution in [0.2, 0.25) is 0 Å². The molecule has 0 aromatic heterocycles. The molecule has 2 atom stereocenters. The van der Waals surface area contributed by atoms with Gasteiger partial charge in [0.2, 0.25) is 5.91 Å². The molecule has 1 heterocycles. The number of hydrogen-bond donors (Lipinski definition) is 1. The first-order valence-corrected chi connectivity index (χ1v) is 6.26. The Morgan fingerprint density at radius 3 is 2.59 bits per heavy atom. The fourth-order valence-electron chi connectivity index (χ4n) is 2.49. The Morgan fingerprint density at radius 2 is 2.06 bits per heavy atom. The number of nitrogens with zero attached hydrogens (tertiary/aromatic N) is 1. The highest BCUT2D eigenvalue weighted by molar-refractivity contribution is 5.80. The molecular weight excluding hydrogens is 218 g/mol. The molecular formula is C13H19NO3. The molecule has 94 valence electrons. The number of carbonyl (C=O) groups is 2. The molecule has 0 bridgehead atoms. The molecule has 2 aliphatic rings. The first-order valence-electron chi connectivity index (χ1n) is 6.26. The van der Waals surface area contributed by atoms with E-state index < -0.39 is 5.97 Å². The summed E-state index contributed by atoms with van der Waals surface area (Å²) in [5, 5.41) is 8.88. The van der Waals surface area contributed by atoms with Crippen molar-refractivity contribution in [3.05, 3.63) is 12.2 Å². The molecule has 1 amide bonds. The van der Waals surface area contributed by atoms with Crippen LogP contribution in [0.1, 0.15) is 26.2 Å². The quantitative estimate of drug-likeness (QED) is 0.757. The van der Waals surface area contributed by atoms with E-state index in [0.29, 0.717) is 13.1 Å². The van der Waals surface area contributed by atoms with Crippen LogP contribution in [-0.4, -0.2) is 35.0 Å². The van der Waals surface area contributed by atoms with Gasteiger partial charge in [0.15, 0.2) is 0 Å². The molecule has 0 spiro atoms. The van der Waals surface area contributed by atoms with Gasteiger partial charge in [0.05, 0.1) is 5.92 Å². The lowest BCUT2D eigenvalue weighted by molar-refractivity contribution is -0.152. The van der Waals surface area contributed by atoms with E-state index in [4.69, 9.17) is 5.11 Å². The van der Waals surface area contributed by atoms with E-state index in [1.54, 1.807) is 6.92 Å². The average molecular weight is 237 g/mol. The monoisotopic (exact) mass is 237 g/mol. The molecule has 2 unspecified atom stereocenters. The van der Waals surface area contributed by atoms with Crippen molar-refractivity contribution in [2.24, 2.45) is 17.8 Å². The van der Waals surface area contributed by atoms with Crippen LogP contribution in [0.4, 0.5) is 0 Å². The number of allylic oxidation sites excluding steroid dienone is 2. The molecule has 0 radical (unpaired) electrons. The lowest BCUT2D eigenvalue weighted by Crippen LogP contribution is -2.55. The van der Waals surface area contributed by atoms with Gasteiger partial charge in [-0.2, -0.15) is 0 Å². The van der Waals surface area contributed by atoms with Gasteiger partial charge in [0, 0.05) is 24.9 Å². The summed E-state index contributed by atoms with van der Waals surface area (Å²) in [6, 6.07) is 0. The van der Waals surface area contributed by atoms with Gasteiger partial charge in [0.1, 0.15) is 0 Å². The summed E-state index contributed by atoms with van der Waals surface area (Å²) in [4.78, 5) is 24.7. The second-order valence-corrected chi connectivity index (χ2v) is 5.11. The number of rotatable bonds is 3. The van der Waals surface area contributed by atoms with Crippen molar-refractivity contribution in [2.75, 3.05) is 13.1 Å². The fraction of sp³-hybridized carbons (Fsp3) is 0.692. The minimum absolute atomic E-state index is 0.126. The fourth-order valence-corrected chi connectivity index (χ4v) is 2.49. The smallest absolute Gasteiger partial charge is 0.306 e. The number of amides is 1. The Bertz CT molecular complexity index is 345. The van der Waals surface area contributed by atoms with Crippen LogP contribution in [0.5, 0.6) is 0 Å². The third kappa shape index (κ3) is 2.51. The maximum absolute atomic E-state index is 12.1. The molecule has 1 N–H and O–H groups in total. The summed E-state index contributed by atoms with van der Waals surface area (Å²) in [6.45, 7) is 2.96. The Hall–Kier alpha value is -1.32. The number of carboxylic acids is 1. The van der Waals surface area contributed by atoms with Crippen LogP contribution in [-0.2, 0) is 9.59 Å². The van der Waals surface area contributed by atoms with E-state index >= 15 is 0 Å². The predicted molar refractivity (Wildman–Crippen MR) is 63.4 cm³/mol. The molecule has 0 saturated carbocycles. The first kappa shape index (κ1) is 12.1. The summed E-state index contributed by atoms with van der Waals surface area (Å²) >= 11 is 0. The van der Waals surface area contributed by atoms with E-state index in [1.165, 1.54) is 0 Å². The maximum atomic E-state index is 12.1. The first-order chi connectivity index (χ1) is 8.09. The third-order valence-corrected chi connectivity index (χ3v) is 3.94. The van der Waals surface area contributed by atoms with Crippen molar-refractivity contribution < 1.29 is 14.7 Å². The van der Waals surface area contributed by atoms with Crippen LogP contribution in [0.3, 0.4) is 0 Å². The zero-order valence-corrected chi connectivity index (χ0v) is 10.1. The zero-order valence-electron chi connectivity index (χ0n) is 10.1. The summed E-state index contributed by atoms with van der Waals surface area (Å²) in [5.41, 5.74) is 0. The number of aliphatic carboxylic acids is 1. The summed E-state index contributed by atoms with van der Waals surface area (Å²) in [6.07, 6.45) is 6.96. The van der Waals surface area contributed by atoms with Gasteiger partial charge < -0.3 is 10.0 Å². The van der Waals surface area contributed by atoms with E-state index in [9.17, 15) is 9.59 Å². The number of likely N-dealkylation sites (tertiary alicyclic amines) is 1. The molecule has 0 aromatic rings. The number of hydrogen-bond acceptors (Lipinski definition) is 2. The topological polar surface area (TPSA) is 57.6 Å². The second-order valence-electron chi connectivity index (χ2n) is 5.11. The van der Waals surface area contributed by atoms with Gasteiger partial charge in [0.25, 0.3) is 0 Å². The minimum Gasteiger partial charge on any atom is -0.481 e. The second kappa shape index (κ2) is 4.90. The Labute approximate surface area is 101 Å². The summed E-state index contributed by atoms with van der Waals surface area (Å²) < 4.78 is 0. The van der Waals surface area contributed by atoms with Gasteiger partial charge in [-0.3, -0.25) is 9.59 Å². The lowest BCUT2D eigenvalue weighted by atomic mass is 9.84.